The molecule has 2 rings (SSSR count). The number of benzene rings is 1. The van der Waals surface area contributed by atoms with E-state index >= 15 is 0 Å². The average molecular weight is 340 g/mol. The number of hydrogen-bond acceptors (Lipinski definition) is 3. The Morgan fingerprint density at radius 3 is 2.61 bits per heavy atom. The lowest BCUT2D eigenvalue weighted by Crippen LogP contribution is -2.51. The average Bonchev–Trinajstić information content (AvgIpc) is 2.44. The van der Waals surface area contributed by atoms with Crippen LogP contribution in [0, 0.1) is 0 Å². The summed E-state index contributed by atoms with van der Waals surface area (Å²) in [6.07, 6.45) is 1.89. The van der Waals surface area contributed by atoms with Crippen LogP contribution in [0.15, 0.2) is 18.2 Å². The third kappa shape index (κ3) is 5.13. The van der Waals surface area contributed by atoms with Crippen molar-refractivity contribution in [2.75, 3.05) is 11.9 Å². The summed E-state index contributed by atoms with van der Waals surface area (Å²) in [5.41, 5.74) is 2.40. The van der Waals surface area contributed by atoms with Crippen molar-refractivity contribution in [1.29, 1.82) is 0 Å². The Balaban J connectivity index is 0.00000264. The minimum atomic E-state index is -0.570. The molecule has 1 aromatic rings. The second-order valence-corrected chi connectivity index (χ2v) is 6.80. The van der Waals surface area contributed by atoms with Crippen molar-refractivity contribution in [2.24, 2.45) is 0 Å². The fraction of sp³-hybridized carbons (Fsp3) is 0.529. The van der Waals surface area contributed by atoms with Crippen molar-refractivity contribution in [3.63, 3.8) is 0 Å². The number of hydrogen-bond donors (Lipinski definition) is 3. The first-order chi connectivity index (χ1) is 10.3. The van der Waals surface area contributed by atoms with Gasteiger partial charge >= 0.3 is 0 Å². The normalized spacial score (nSPS) is 14.6. The molecule has 2 amide bonds. The summed E-state index contributed by atoms with van der Waals surface area (Å²) in [5.74, 6) is -0.374. The van der Waals surface area contributed by atoms with Crippen LogP contribution in [-0.2, 0) is 11.2 Å². The second kappa shape index (κ2) is 7.68. The van der Waals surface area contributed by atoms with Gasteiger partial charge in [0.1, 0.15) is 6.04 Å². The highest BCUT2D eigenvalue weighted by molar-refractivity contribution is 5.99. The van der Waals surface area contributed by atoms with Crippen molar-refractivity contribution in [3.05, 3.63) is 29.3 Å². The van der Waals surface area contributed by atoms with Gasteiger partial charge < -0.3 is 16.0 Å². The molecule has 5 nitrogen and oxygen atoms in total. The van der Waals surface area contributed by atoms with E-state index in [-0.39, 0.29) is 29.8 Å². The molecule has 1 aromatic carbocycles. The molecule has 0 aromatic heterocycles. The molecule has 0 saturated heterocycles. The van der Waals surface area contributed by atoms with Crippen LogP contribution in [0.1, 0.15) is 50.0 Å². The molecule has 1 aliphatic heterocycles. The van der Waals surface area contributed by atoms with Crippen LogP contribution in [0.25, 0.3) is 0 Å². The van der Waals surface area contributed by atoms with Gasteiger partial charge in [0.25, 0.3) is 5.91 Å². The minimum Gasteiger partial charge on any atom is -0.385 e. The highest BCUT2D eigenvalue weighted by Crippen LogP contribution is 2.25. The number of carbonyl (C=O) groups excluding carboxylic acids is 2. The molecule has 1 unspecified atom stereocenters. The van der Waals surface area contributed by atoms with Gasteiger partial charge in [-0.15, -0.1) is 12.4 Å². The zero-order valence-electron chi connectivity index (χ0n) is 14.2. The molecule has 1 aliphatic rings. The van der Waals surface area contributed by atoms with Crippen molar-refractivity contribution >= 4 is 29.9 Å². The van der Waals surface area contributed by atoms with Gasteiger partial charge in [-0.05, 0) is 58.2 Å². The van der Waals surface area contributed by atoms with Crippen molar-refractivity contribution in [1.82, 2.24) is 10.6 Å². The molecule has 0 fully saturated rings. The number of halogens is 1. The standard InChI is InChI=1S/C17H25N3O2.ClH/c1-11(15(21)20-17(2,3)4)19-16(22)13-7-5-9-14-12(13)8-6-10-18-14;/h5,7,9,11,18H,6,8,10H2,1-4H3,(H,19,22)(H,20,21);1H. The lowest BCUT2D eigenvalue weighted by Gasteiger charge is -2.24. The Morgan fingerprint density at radius 2 is 1.96 bits per heavy atom. The SMILES string of the molecule is CC(NC(=O)c1cccc2c1CCCN2)C(=O)NC(C)(C)C.Cl. The summed E-state index contributed by atoms with van der Waals surface area (Å²) >= 11 is 0. The Bertz CT molecular complexity index is 582. The van der Waals surface area contributed by atoms with Gasteiger partial charge in [0.15, 0.2) is 0 Å². The third-order valence-electron chi connectivity index (χ3n) is 3.58. The topological polar surface area (TPSA) is 70.2 Å². The third-order valence-corrected chi connectivity index (χ3v) is 3.58. The summed E-state index contributed by atoms with van der Waals surface area (Å²) in [4.78, 5) is 24.6. The number of rotatable bonds is 3. The minimum absolute atomic E-state index is 0. The quantitative estimate of drug-likeness (QED) is 0.792. The lowest BCUT2D eigenvalue weighted by molar-refractivity contribution is -0.124. The van der Waals surface area contributed by atoms with Gasteiger partial charge in [-0.25, -0.2) is 0 Å². The maximum atomic E-state index is 12.5. The maximum absolute atomic E-state index is 12.5. The monoisotopic (exact) mass is 339 g/mol. The van der Waals surface area contributed by atoms with Crippen molar-refractivity contribution in [3.8, 4) is 0 Å². The number of amides is 2. The second-order valence-electron chi connectivity index (χ2n) is 6.80. The molecular formula is C17H26ClN3O2. The van der Waals surface area contributed by atoms with Crippen LogP contribution in [-0.4, -0.2) is 29.9 Å². The Kier molecular flexibility index (Phi) is 6.45. The fourth-order valence-electron chi connectivity index (χ4n) is 2.54. The Labute approximate surface area is 144 Å². The summed E-state index contributed by atoms with van der Waals surface area (Å²) in [6.45, 7) is 8.38. The van der Waals surface area contributed by atoms with Gasteiger partial charge in [0.2, 0.25) is 5.91 Å². The molecule has 23 heavy (non-hydrogen) atoms. The van der Waals surface area contributed by atoms with Crippen molar-refractivity contribution < 1.29 is 9.59 Å². The fourth-order valence-corrected chi connectivity index (χ4v) is 2.54. The zero-order valence-corrected chi connectivity index (χ0v) is 15.0. The number of fused-ring (bicyclic) bond motifs is 1. The van der Waals surface area contributed by atoms with Crippen LogP contribution < -0.4 is 16.0 Å². The van der Waals surface area contributed by atoms with Crippen LogP contribution >= 0.6 is 12.4 Å². The number of anilines is 1. The highest BCUT2D eigenvalue weighted by atomic mass is 35.5. The summed E-state index contributed by atoms with van der Waals surface area (Å²) < 4.78 is 0. The maximum Gasteiger partial charge on any atom is 0.252 e. The molecule has 0 radical (unpaired) electrons. The van der Waals surface area contributed by atoms with Gasteiger partial charge in [0.05, 0.1) is 0 Å². The number of carbonyl (C=O) groups is 2. The predicted molar refractivity (Wildman–Crippen MR) is 95.3 cm³/mol. The first-order valence-electron chi connectivity index (χ1n) is 7.76. The van der Waals surface area contributed by atoms with Crippen LogP contribution in [0.5, 0.6) is 0 Å². The zero-order chi connectivity index (χ0) is 16.3. The Morgan fingerprint density at radius 1 is 1.26 bits per heavy atom. The van der Waals surface area contributed by atoms with E-state index in [4.69, 9.17) is 0 Å². The van der Waals surface area contributed by atoms with Crippen LogP contribution in [0.3, 0.4) is 0 Å². The molecule has 0 bridgehead atoms. The molecule has 1 heterocycles. The first kappa shape index (κ1) is 19.3. The van der Waals surface area contributed by atoms with E-state index in [1.54, 1.807) is 6.92 Å². The largest absolute Gasteiger partial charge is 0.385 e. The summed E-state index contributed by atoms with van der Waals surface area (Å²) in [7, 11) is 0. The molecule has 0 aliphatic carbocycles. The number of nitrogens with one attached hydrogen (secondary N) is 3. The predicted octanol–water partition coefficient (Wildman–Crippen LogP) is 2.50. The Hall–Kier alpha value is -1.75. The molecule has 6 heteroatoms. The lowest BCUT2D eigenvalue weighted by atomic mass is 9.97. The van der Waals surface area contributed by atoms with E-state index < -0.39 is 6.04 Å². The molecule has 0 spiro atoms. The van der Waals surface area contributed by atoms with E-state index in [2.05, 4.69) is 16.0 Å². The van der Waals surface area contributed by atoms with E-state index in [1.165, 1.54) is 0 Å². The van der Waals surface area contributed by atoms with E-state index in [9.17, 15) is 9.59 Å². The highest BCUT2D eigenvalue weighted by Gasteiger charge is 2.23. The summed E-state index contributed by atoms with van der Waals surface area (Å²) in [6, 6.07) is 5.10. The summed E-state index contributed by atoms with van der Waals surface area (Å²) in [5, 5.41) is 8.97. The van der Waals surface area contributed by atoms with Gasteiger partial charge in [0, 0.05) is 23.3 Å². The smallest absolute Gasteiger partial charge is 0.252 e. The van der Waals surface area contributed by atoms with E-state index in [0.717, 1.165) is 30.6 Å². The van der Waals surface area contributed by atoms with Crippen molar-refractivity contribution in [2.45, 2.75) is 52.1 Å². The van der Waals surface area contributed by atoms with Crippen LogP contribution in [0.4, 0.5) is 5.69 Å². The molecule has 128 valence electrons. The van der Waals surface area contributed by atoms with E-state index in [1.807, 2.05) is 39.0 Å². The van der Waals surface area contributed by atoms with Crippen LogP contribution in [0.2, 0.25) is 0 Å². The molecule has 3 N–H and O–H groups in total. The first-order valence-corrected chi connectivity index (χ1v) is 7.76. The molecule has 1 atom stereocenters. The van der Waals surface area contributed by atoms with E-state index in [0.29, 0.717) is 5.56 Å². The van der Waals surface area contributed by atoms with Gasteiger partial charge in [-0.1, -0.05) is 6.07 Å². The van der Waals surface area contributed by atoms with Gasteiger partial charge in [-0.2, -0.15) is 0 Å². The molecular weight excluding hydrogens is 314 g/mol. The molecule has 0 saturated carbocycles. The van der Waals surface area contributed by atoms with Gasteiger partial charge in [-0.3, -0.25) is 9.59 Å².